The Morgan fingerprint density at radius 2 is 1.73 bits per heavy atom. The van der Waals surface area contributed by atoms with Crippen molar-refractivity contribution in [1.29, 1.82) is 0 Å². The van der Waals surface area contributed by atoms with E-state index in [1.165, 1.54) is 26.0 Å². The number of likely N-dealkylation sites (N-methyl/N-ethyl adjacent to an activating group) is 1. The van der Waals surface area contributed by atoms with Gasteiger partial charge < -0.3 is 15.1 Å². The quantitative estimate of drug-likeness (QED) is 0.828. The van der Waals surface area contributed by atoms with Crippen LogP contribution in [0.1, 0.15) is 26.3 Å². The minimum absolute atomic E-state index is 0.0153. The fraction of sp³-hybridized carbons (Fsp3) is 0.556. The predicted octanol–water partition coefficient (Wildman–Crippen LogP) is 2.83. The molecule has 0 aliphatic carbocycles. The van der Waals surface area contributed by atoms with Crippen LogP contribution in [0.3, 0.4) is 0 Å². The zero-order valence-electron chi connectivity index (χ0n) is 15.2. The third-order valence-corrected chi connectivity index (χ3v) is 4.66. The van der Waals surface area contributed by atoms with E-state index in [0.717, 1.165) is 31.8 Å². The molecule has 0 atom stereocenters. The largest absolute Gasteiger partial charge is 0.416 e. The van der Waals surface area contributed by atoms with E-state index in [9.17, 15) is 22.8 Å². The van der Waals surface area contributed by atoms with Gasteiger partial charge in [-0.05, 0) is 38.6 Å². The predicted molar refractivity (Wildman–Crippen MR) is 92.5 cm³/mol. The highest BCUT2D eigenvalue weighted by molar-refractivity contribution is 6.09. The molecular weight excluding hydrogens is 347 g/mol. The summed E-state index contributed by atoms with van der Waals surface area (Å²) in [5.74, 6) is -0.947. The van der Waals surface area contributed by atoms with Crippen molar-refractivity contribution in [3.8, 4) is 0 Å². The molecule has 144 valence electrons. The molecule has 1 fully saturated rings. The van der Waals surface area contributed by atoms with Crippen molar-refractivity contribution in [3.63, 3.8) is 0 Å². The summed E-state index contributed by atoms with van der Waals surface area (Å²) < 4.78 is 38.4. The second-order valence-corrected chi connectivity index (χ2v) is 6.88. The monoisotopic (exact) mass is 371 g/mol. The van der Waals surface area contributed by atoms with E-state index in [-0.39, 0.29) is 11.6 Å². The summed E-state index contributed by atoms with van der Waals surface area (Å²) in [6, 6.07) is 4.38. The number of hydrogen-bond donors (Lipinski definition) is 1. The van der Waals surface area contributed by atoms with E-state index in [4.69, 9.17) is 0 Å². The standard InChI is InChI=1S/C18H24F3N3O2/c1-4-23-8-10-24(11-9-23)16(26)17(2,3)15(25)22-14-7-5-6-13(12-14)18(19,20)21/h5-7,12H,4,8-11H2,1-3H3,(H,22,25). The fourth-order valence-electron chi connectivity index (χ4n) is 2.82. The van der Waals surface area contributed by atoms with Crippen molar-refractivity contribution in [2.75, 3.05) is 38.0 Å². The van der Waals surface area contributed by atoms with Crippen molar-refractivity contribution in [2.45, 2.75) is 26.9 Å². The summed E-state index contributed by atoms with van der Waals surface area (Å²) in [5.41, 5.74) is -2.21. The average molecular weight is 371 g/mol. The molecule has 1 heterocycles. The summed E-state index contributed by atoms with van der Waals surface area (Å²) in [4.78, 5) is 29.1. The zero-order valence-corrected chi connectivity index (χ0v) is 15.2. The van der Waals surface area contributed by atoms with Gasteiger partial charge in [-0.25, -0.2) is 0 Å². The third kappa shape index (κ3) is 4.55. The van der Waals surface area contributed by atoms with Crippen LogP contribution < -0.4 is 5.32 Å². The van der Waals surface area contributed by atoms with Crippen LogP contribution in [0.5, 0.6) is 0 Å². The first-order chi connectivity index (χ1) is 12.1. The molecule has 0 radical (unpaired) electrons. The normalized spacial score (nSPS) is 16.5. The van der Waals surface area contributed by atoms with Gasteiger partial charge in [0, 0.05) is 31.9 Å². The molecule has 1 aromatic rings. The molecular formula is C18H24F3N3O2. The number of hydrogen-bond acceptors (Lipinski definition) is 3. The maximum absolute atomic E-state index is 12.8. The molecule has 0 bridgehead atoms. The zero-order chi connectivity index (χ0) is 19.5. The first-order valence-electron chi connectivity index (χ1n) is 8.56. The molecule has 1 saturated heterocycles. The van der Waals surface area contributed by atoms with E-state index in [1.807, 2.05) is 6.92 Å². The Morgan fingerprint density at radius 1 is 1.12 bits per heavy atom. The van der Waals surface area contributed by atoms with Gasteiger partial charge in [-0.1, -0.05) is 13.0 Å². The number of anilines is 1. The number of rotatable bonds is 4. The Kier molecular flexibility index (Phi) is 5.95. The van der Waals surface area contributed by atoms with Gasteiger partial charge in [0.25, 0.3) is 0 Å². The molecule has 0 aromatic heterocycles. The van der Waals surface area contributed by atoms with Gasteiger partial charge in [-0.15, -0.1) is 0 Å². The molecule has 0 saturated carbocycles. The number of carbonyl (C=O) groups excluding carboxylic acids is 2. The lowest BCUT2D eigenvalue weighted by Gasteiger charge is -2.37. The lowest BCUT2D eigenvalue weighted by atomic mass is 9.89. The van der Waals surface area contributed by atoms with Gasteiger partial charge in [-0.2, -0.15) is 13.2 Å². The molecule has 1 aliphatic heterocycles. The molecule has 1 N–H and O–H groups in total. The van der Waals surface area contributed by atoms with Crippen LogP contribution in [0.25, 0.3) is 0 Å². The Balaban J connectivity index is 2.07. The van der Waals surface area contributed by atoms with Crippen molar-refractivity contribution in [1.82, 2.24) is 9.80 Å². The molecule has 8 heteroatoms. The molecule has 5 nitrogen and oxygen atoms in total. The number of benzene rings is 1. The minimum atomic E-state index is -4.50. The lowest BCUT2D eigenvalue weighted by molar-refractivity contribution is -0.147. The maximum atomic E-state index is 12.8. The highest BCUT2D eigenvalue weighted by Crippen LogP contribution is 2.31. The molecule has 26 heavy (non-hydrogen) atoms. The van der Waals surface area contributed by atoms with Gasteiger partial charge in [-0.3, -0.25) is 9.59 Å². The Hall–Kier alpha value is -2.09. The number of halogens is 3. The molecule has 2 amide bonds. The fourth-order valence-corrected chi connectivity index (χ4v) is 2.82. The highest BCUT2D eigenvalue weighted by Gasteiger charge is 2.40. The molecule has 1 aromatic carbocycles. The summed E-state index contributed by atoms with van der Waals surface area (Å²) in [7, 11) is 0. The molecule has 0 spiro atoms. The first-order valence-corrected chi connectivity index (χ1v) is 8.56. The number of carbonyl (C=O) groups is 2. The topological polar surface area (TPSA) is 52.7 Å². The third-order valence-electron chi connectivity index (χ3n) is 4.66. The highest BCUT2D eigenvalue weighted by atomic mass is 19.4. The number of alkyl halides is 3. The van der Waals surface area contributed by atoms with Crippen LogP contribution >= 0.6 is 0 Å². The van der Waals surface area contributed by atoms with Crippen molar-refractivity contribution in [2.24, 2.45) is 5.41 Å². The first kappa shape index (κ1) is 20.2. The Bertz CT molecular complexity index is 666. The summed E-state index contributed by atoms with van der Waals surface area (Å²) in [6.45, 7) is 8.49. The number of amides is 2. The van der Waals surface area contributed by atoms with Gasteiger partial charge in [0.15, 0.2) is 0 Å². The maximum Gasteiger partial charge on any atom is 0.416 e. The van der Waals surface area contributed by atoms with E-state index >= 15 is 0 Å². The van der Waals surface area contributed by atoms with E-state index in [1.54, 1.807) is 4.90 Å². The van der Waals surface area contributed by atoms with Gasteiger partial charge in [0.1, 0.15) is 5.41 Å². The second kappa shape index (κ2) is 7.65. The van der Waals surface area contributed by atoms with Crippen molar-refractivity contribution >= 4 is 17.5 Å². The molecule has 1 aliphatic rings. The summed E-state index contributed by atoms with van der Waals surface area (Å²) in [6.07, 6.45) is -4.50. The van der Waals surface area contributed by atoms with Crippen molar-refractivity contribution in [3.05, 3.63) is 29.8 Å². The van der Waals surface area contributed by atoms with Crippen LogP contribution in [-0.4, -0.2) is 54.3 Å². The lowest BCUT2D eigenvalue weighted by Crippen LogP contribution is -2.54. The summed E-state index contributed by atoms with van der Waals surface area (Å²) >= 11 is 0. The van der Waals surface area contributed by atoms with Crippen LogP contribution in [-0.2, 0) is 15.8 Å². The van der Waals surface area contributed by atoms with Gasteiger partial charge in [0.2, 0.25) is 11.8 Å². The Labute approximate surface area is 151 Å². The Morgan fingerprint density at radius 3 is 2.27 bits per heavy atom. The number of nitrogens with one attached hydrogen (secondary N) is 1. The average Bonchev–Trinajstić information content (AvgIpc) is 2.60. The SMILES string of the molecule is CCN1CCN(C(=O)C(C)(C)C(=O)Nc2cccc(C(F)(F)F)c2)CC1. The second-order valence-electron chi connectivity index (χ2n) is 6.88. The van der Waals surface area contributed by atoms with Crippen LogP contribution in [0.15, 0.2) is 24.3 Å². The van der Waals surface area contributed by atoms with E-state index in [2.05, 4.69) is 10.2 Å². The van der Waals surface area contributed by atoms with Crippen LogP contribution in [0.4, 0.5) is 18.9 Å². The van der Waals surface area contributed by atoms with Gasteiger partial charge >= 0.3 is 6.18 Å². The smallest absolute Gasteiger partial charge is 0.339 e. The molecule has 0 unspecified atom stereocenters. The molecule has 2 rings (SSSR count). The summed E-state index contributed by atoms with van der Waals surface area (Å²) in [5, 5.41) is 2.44. The van der Waals surface area contributed by atoms with E-state index < -0.39 is 23.1 Å². The van der Waals surface area contributed by atoms with Gasteiger partial charge in [0.05, 0.1) is 5.56 Å². The van der Waals surface area contributed by atoms with Crippen LogP contribution in [0, 0.1) is 5.41 Å². The number of piperazine rings is 1. The van der Waals surface area contributed by atoms with Crippen molar-refractivity contribution < 1.29 is 22.8 Å². The van der Waals surface area contributed by atoms with E-state index in [0.29, 0.717) is 13.1 Å². The minimum Gasteiger partial charge on any atom is -0.339 e. The number of nitrogens with zero attached hydrogens (tertiary/aromatic N) is 2. The van der Waals surface area contributed by atoms with Crippen LogP contribution in [0.2, 0.25) is 0 Å².